The van der Waals surface area contributed by atoms with E-state index < -0.39 is 23.7 Å². The first-order valence-corrected chi connectivity index (χ1v) is 8.27. The summed E-state index contributed by atoms with van der Waals surface area (Å²) in [6, 6.07) is -0.707. The molecule has 0 aliphatic rings. The summed E-state index contributed by atoms with van der Waals surface area (Å²) < 4.78 is 15.8. The molecular formula is C17H33NO5. The fraction of sp³-hybridized carbons (Fsp3) is 0.882. The van der Waals surface area contributed by atoms with E-state index in [1.165, 1.54) is 12.0 Å². The molecule has 136 valence electrons. The van der Waals surface area contributed by atoms with E-state index >= 15 is 0 Å². The molecule has 0 radical (unpaired) electrons. The average molecular weight is 331 g/mol. The van der Waals surface area contributed by atoms with Crippen molar-refractivity contribution in [3.05, 3.63) is 0 Å². The van der Waals surface area contributed by atoms with E-state index in [0.29, 0.717) is 13.0 Å². The molecule has 0 aromatic carbocycles. The third-order valence-corrected chi connectivity index (χ3v) is 2.98. The van der Waals surface area contributed by atoms with E-state index in [2.05, 4.69) is 0 Å². The minimum atomic E-state index is -0.707. The molecule has 0 aliphatic carbocycles. The van der Waals surface area contributed by atoms with Gasteiger partial charge in [0.15, 0.2) is 0 Å². The van der Waals surface area contributed by atoms with E-state index in [-0.39, 0.29) is 12.6 Å². The number of hydrogen-bond donors (Lipinski definition) is 0. The summed E-state index contributed by atoms with van der Waals surface area (Å²) in [5, 5.41) is 0. The molecule has 0 bridgehead atoms. The van der Waals surface area contributed by atoms with Crippen LogP contribution in [-0.2, 0) is 19.0 Å². The lowest BCUT2D eigenvalue weighted by Gasteiger charge is -2.32. The third kappa shape index (κ3) is 9.43. The summed E-state index contributed by atoms with van der Waals surface area (Å²) in [6.07, 6.45) is 1.66. The van der Waals surface area contributed by atoms with E-state index in [9.17, 15) is 9.59 Å². The van der Waals surface area contributed by atoms with Gasteiger partial charge in [0.1, 0.15) is 18.4 Å². The average Bonchev–Trinajstić information content (AvgIpc) is 2.40. The Hall–Kier alpha value is -1.30. The quantitative estimate of drug-likeness (QED) is 0.367. The van der Waals surface area contributed by atoms with Crippen LogP contribution < -0.4 is 0 Å². The SMILES string of the molecule is CCCCOC(=O)[C@H](CC(C)C)N(COC)C(=O)OC(C)(C)C. The van der Waals surface area contributed by atoms with Crippen LogP contribution >= 0.6 is 0 Å². The molecule has 0 N–H and O–H groups in total. The molecule has 1 atom stereocenters. The highest BCUT2D eigenvalue weighted by atomic mass is 16.6. The number of methoxy groups -OCH3 is 1. The smallest absolute Gasteiger partial charge is 0.412 e. The fourth-order valence-electron chi connectivity index (χ4n) is 1.94. The lowest BCUT2D eigenvalue weighted by atomic mass is 10.0. The molecule has 0 fully saturated rings. The van der Waals surface area contributed by atoms with Gasteiger partial charge in [0.2, 0.25) is 0 Å². The maximum atomic E-state index is 12.4. The van der Waals surface area contributed by atoms with Crippen molar-refractivity contribution in [2.75, 3.05) is 20.4 Å². The Morgan fingerprint density at radius 1 is 1.17 bits per heavy atom. The molecule has 0 saturated carbocycles. The van der Waals surface area contributed by atoms with Gasteiger partial charge in [-0.2, -0.15) is 0 Å². The number of hydrogen-bond acceptors (Lipinski definition) is 5. The second kappa shape index (κ2) is 10.5. The van der Waals surface area contributed by atoms with Crippen molar-refractivity contribution in [1.29, 1.82) is 0 Å². The topological polar surface area (TPSA) is 65.1 Å². The zero-order valence-corrected chi connectivity index (χ0v) is 15.7. The molecular weight excluding hydrogens is 298 g/mol. The zero-order valence-electron chi connectivity index (χ0n) is 15.7. The standard InChI is InChI=1S/C17H33NO5/c1-8-9-10-22-15(19)14(11-13(2)3)18(12-21-7)16(20)23-17(4,5)6/h13-14H,8-12H2,1-7H3/t14-/m0/s1. The van der Waals surface area contributed by atoms with Crippen LogP contribution in [0.2, 0.25) is 0 Å². The van der Waals surface area contributed by atoms with Gasteiger partial charge in [-0.3, -0.25) is 4.90 Å². The highest BCUT2D eigenvalue weighted by Crippen LogP contribution is 2.18. The molecule has 23 heavy (non-hydrogen) atoms. The van der Waals surface area contributed by atoms with Crippen LogP contribution in [-0.4, -0.2) is 49.1 Å². The number of carbonyl (C=O) groups is 2. The van der Waals surface area contributed by atoms with Crippen molar-refractivity contribution in [2.45, 2.75) is 72.4 Å². The second-order valence-electron chi connectivity index (χ2n) is 7.03. The van der Waals surface area contributed by atoms with Gasteiger partial charge in [-0.15, -0.1) is 0 Å². The first-order chi connectivity index (χ1) is 10.6. The van der Waals surface area contributed by atoms with Crippen LogP contribution in [0.1, 0.15) is 60.8 Å². The molecule has 0 heterocycles. The zero-order chi connectivity index (χ0) is 18.0. The van der Waals surface area contributed by atoms with Crippen LogP contribution in [0.5, 0.6) is 0 Å². The first-order valence-electron chi connectivity index (χ1n) is 8.27. The van der Waals surface area contributed by atoms with Crippen molar-refractivity contribution in [3.63, 3.8) is 0 Å². The van der Waals surface area contributed by atoms with Crippen LogP contribution in [0.3, 0.4) is 0 Å². The highest BCUT2D eigenvalue weighted by Gasteiger charge is 2.34. The number of amides is 1. The van der Waals surface area contributed by atoms with Gasteiger partial charge in [-0.1, -0.05) is 27.2 Å². The Balaban J connectivity index is 5.15. The maximum Gasteiger partial charge on any atom is 0.412 e. The van der Waals surface area contributed by atoms with Crippen molar-refractivity contribution in [1.82, 2.24) is 4.90 Å². The van der Waals surface area contributed by atoms with Gasteiger partial charge in [0.25, 0.3) is 0 Å². The fourth-order valence-corrected chi connectivity index (χ4v) is 1.94. The van der Waals surface area contributed by atoms with Crippen LogP contribution in [0.4, 0.5) is 4.79 Å². The first kappa shape index (κ1) is 21.7. The molecule has 0 aliphatic heterocycles. The number of carbonyl (C=O) groups excluding carboxylic acids is 2. The Kier molecular flexibility index (Phi) is 9.88. The van der Waals surface area contributed by atoms with E-state index in [4.69, 9.17) is 14.2 Å². The Bertz CT molecular complexity index is 362. The van der Waals surface area contributed by atoms with E-state index in [1.807, 2.05) is 20.8 Å². The normalized spacial score (nSPS) is 12.9. The molecule has 0 spiro atoms. The summed E-state index contributed by atoms with van der Waals surface area (Å²) in [4.78, 5) is 26.1. The highest BCUT2D eigenvalue weighted by molar-refractivity contribution is 5.81. The lowest BCUT2D eigenvalue weighted by molar-refractivity contribution is -0.152. The number of ether oxygens (including phenoxy) is 3. The number of nitrogens with zero attached hydrogens (tertiary/aromatic N) is 1. The maximum absolute atomic E-state index is 12.4. The molecule has 6 heteroatoms. The van der Waals surface area contributed by atoms with Gasteiger partial charge >= 0.3 is 12.1 Å². The van der Waals surface area contributed by atoms with Gasteiger partial charge in [-0.25, -0.2) is 9.59 Å². The molecule has 0 unspecified atom stereocenters. The largest absolute Gasteiger partial charge is 0.464 e. The van der Waals surface area contributed by atoms with Crippen molar-refractivity contribution < 1.29 is 23.8 Å². The Morgan fingerprint density at radius 2 is 1.78 bits per heavy atom. The monoisotopic (exact) mass is 331 g/mol. The Labute approximate surface area is 140 Å². The van der Waals surface area contributed by atoms with Crippen molar-refractivity contribution in [3.8, 4) is 0 Å². The second-order valence-corrected chi connectivity index (χ2v) is 7.03. The van der Waals surface area contributed by atoms with E-state index in [0.717, 1.165) is 12.8 Å². The molecule has 0 aromatic heterocycles. The van der Waals surface area contributed by atoms with E-state index in [1.54, 1.807) is 20.8 Å². The third-order valence-electron chi connectivity index (χ3n) is 2.98. The summed E-state index contributed by atoms with van der Waals surface area (Å²) in [6.45, 7) is 11.7. The van der Waals surface area contributed by atoms with Crippen LogP contribution in [0, 0.1) is 5.92 Å². The van der Waals surface area contributed by atoms with Crippen molar-refractivity contribution >= 4 is 12.1 Å². The molecule has 1 amide bonds. The van der Waals surface area contributed by atoms with Gasteiger partial charge in [0.05, 0.1) is 6.61 Å². The molecule has 6 nitrogen and oxygen atoms in total. The minimum absolute atomic E-state index is 0.0187. The Morgan fingerprint density at radius 3 is 2.22 bits per heavy atom. The predicted octanol–water partition coefficient (Wildman–Crippen LogP) is 3.59. The summed E-state index contributed by atoms with van der Waals surface area (Å²) >= 11 is 0. The van der Waals surface area contributed by atoms with Crippen LogP contribution in [0.15, 0.2) is 0 Å². The minimum Gasteiger partial charge on any atom is -0.464 e. The lowest BCUT2D eigenvalue weighted by Crippen LogP contribution is -2.49. The summed E-state index contributed by atoms with van der Waals surface area (Å²) in [5.41, 5.74) is -0.641. The van der Waals surface area contributed by atoms with Gasteiger partial charge in [0, 0.05) is 7.11 Å². The number of unbranched alkanes of at least 4 members (excludes halogenated alkanes) is 1. The number of esters is 1. The van der Waals surface area contributed by atoms with Gasteiger partial charge < -0.3 is 14.2 Å². The molecule has 0 aromatic rings. The number of rotatable bonds is 9. The van der Waals surface area contributed by atoms with Gasteiger partial charge in [-0.05, 0) is 39.5 Å². The van der Waals surface area contributed by atoms with Crippen LogP contribution in [0.25, 0.3) is 0 Å². The summed E-state index contributed by atoms with van der Waals surface area (Å²) in [5.74, 6) is -0.185. The molecule has 0 saturated heterocycles. The van der Waals surface area contributed by atoms with Crippen molar-refractivity contribution in [2.24, 2.45) is 5.92 Å². The predicted molar refractivity (Wildman–Crippen MR) is 89.1 cm³/mol. The molecule has 0 rings (SSSR count). The summed E-state index contributed by atoms with van der Waals surface area (Å²) in [7, 11) is 1.48.